The molecule has 1 aliphatic heterocycles. The van der Waals surface area contributed by atoms with Crippen LogP contribution in [0.3, 0.4) is 0 Å². The number of fused-ring (bicyclic) bond motifs is 4. The summed E-state index contributed by atoms with van der Waals surface area (Å²) in [4.78, 5) is 38.8. The summed E-state index contributed by atoms with van der Waals surface area (Å²) in [5.74, 6) is 1.33. The Balaban J connectivity index is 1.24. The Labute approximate surface area is 236 Å². The van der Waals surface area contributed by atoms with Gasteiger partial charge in [0, 0.05) is 50.2 Å². The number of benzene rings is 1. The van der Waals surface area contributed by atoms with Gasteiger partial charge in [0.1, 0.15) is 22.3 Å². The number of carbonyl (C=O) groups is 1. The summed E-state index contributed by atoms with van der Waals surface area (Å²) >= 11 is 6.18. The molecule has 3 N–H and O–H groups in total. The van der Waals surface area contributed by atoms with E-state index < -0.39 is 11.9 Å². The van der Waals surface area contributed by atoms with Crippen LogP contribution in [-0.2, 0) is 4.79 Å². The Morgan fingerprint density at radius 3 is 2.45 bits per heavy atom. The third-order valence-electron chi connectivity index (χ3n) is 8.85. The number of aromatic amines is 1. The summed E-state index contributed by atoms with van der Waals surface area (Å²) in [6, 6.07) is 12.3. The fourth-order valence-electron chi connectivity index (χ4n) is 6.85. The predicted octanol–water partition coefficient (Wildman–Crippen LogP) is 4.70. The summed E-state index contributed by atoms with van der Waals surface area (Å²) in [6.07, 6.45) is 7.38. The van der Waals surface area contributed by atoms with Crippen molar-refractivity contribution in [2.24, 2.45) is 17.8 Å². The average molecular weight is 559 g/mol. The number of halogens is 1. The molecule has 3 aromatic heterocycles. The van der Waals surface area contributed by atoms with Crippen LogP contribution >= 0.6 is 11.6 Å². The zero-order valence-electron chi connectivity index (χ0n) is 22.0. The minimum atomic E-state index is -0.722. The Morgan fingerprint density at radius 2 is 1.70 bits per heavy atom. The molecule has 3 saturated carbocycles. The number of piperazine rings is 1. The molecule has 0 radical (unpaired) electrons. The maximum atomic E-state index is 12.3. The van der Waals surface area contributed by atoms with Crippen molar-refractivity contribution in [1.29, 1.82) is 0 Å². The molecule has 0 spiro atoms. The number of anilines is 3. The fraction of sp³-hybridized carbons (Fsp3) is 0.414. The minimum absolute atomic E-state index is 0.160. The van der Waals surface area contributed by atoms with E-state index in [9.17, 15) is 9.90 Å². The van der Waals surface area contributed by atoms with Gasteiger partial charge in [0.25, 0.3) is 0 Å². The van der Waals surface area contributed by atoms with Gasteiger partial charge < -0.3 is 25.2 Å². The van der Waals surface area contributed by atoms with Crippen molar-refractivity contribution in [1.82, 2.24) is 24.9 Å². The SMILES string of the molecule is O=C(O)[C@@H]1C2CCC(CC2)[C@H]1Nc1cc(N2CCN(c3ccccc3)CC2)nc(-c2c[nH]c3ncc(Cl)nc23)n1. The molecule has 1 saturated heterocycles. The Hall–Kier alpha value is -3.92. The first-order valence-electron chi connectivity index (χ1n) is 14.0. The highest BCUT2D eigenvalue weighted by atomic mass is 35.5. The van der Waals surface area contributed by atoms with E-state index >= 15 is 0 Å². The topological polar surface area (TPSA) is 123 Å². The second-order valence-electron chi connectivity index (χ2n) is 11.0. The molecular weight excluding hydrogens is 528 g/mol. The quantitative estimate of drug-likeness (QED) is 0.309. The molecule has 11 heteroatoms. The molecule has 3 aliphatic carbocycles. The van der Waals surface area contributed by atoms with E-state index in [0.29, 0.717) is 39.4 Å². The molecule has 4 aromatic rings. The summed E-state index contributed by atoms with van der Waals surface area (Å²) in [6.45, 7) is 3.34. The summed E-state index contributed by atoms with van der Waals surface area (Å²) in [5.41, 5.74) is 3.13. The normalized spacial score (nSPS) is 24.4. The number of nitrogens with zero attached hydrogens (tertiary/aromatic N) is 6. The molecule has 4 aliphatic rings. The van der Waals surface area contributed by atoms with Gasteiger partial charge in [-0.05, 0) is 49.7 Å². The number of H-pyrrole nitrogens is 1. The number of carboxylic acids is 1. The van der Waals surface area contributed by atoms with E-state index in [1.807, 2.05) is 12.1 Å². The molecular formula is C29H31ClN8O2. The zero-order valence-corrected chi connectivity index (χ0v) is 22.8. The number of hydrogen-bond donors (Lipinski definition) is 3. The number of aromatic nitrogens is 5. The van der Waals surface area contributed by atoms with Crippen molar-refractivity contribution >= 4 is 46.1 Å². The van der Waals surface area contributed by atoms with E-state index in [4.69, 9.17) is 21.6 Å². The van der Waals surface area contributed by atoms with Crippen molar-refractivity contribution in [2.45, 2.75) is 31.7 Å². The van der Waals surface area contributed by atoms with E-state index in [1.54, 1.807) is 6.20 Å². The van der Waals surface area contributed by atoms with Crippen LogP contribution in [0.15, 0.2) is 48.8 Å². The molecule has 40 heavy (non-hydrogen) atoms. The van der Waals surface area contributed by atoms with E-state index in [-0.39, 0.29) is 12.0 Å². The summed E-state index contributed by atoms with van der Waals surface area (Å²) < 4.78 is 0. The minimum Gasteiger partial charge on any atom is -0.481 e. The maximum absolute atomic E-state index is 12.3. The van der Waals surface area contributed by atoms with Crippen LogP contribution in [0.2, 0.25) is 5.15 Å². The van der Waals surface area contributed by atoms with E-state index in [2.05, 4.69) is 54.3 Å². The molecule has 206 valence electrons. The number of aliphatic carboxylic acids is 1. The van der Waals surface area contributed by atoms with Gasteiger partial charge in [0.15, 0.2) is 11.5 Å². The molecule has 0 amide bonds. The van der Waals surface area contributed by atoms with Gasteiger partial charge in [-0.3, -0.25) is 4.79 Å². The van der Waals surface area contributed by atoms with Gasteiger partial charge in [-0.2, -0.15) is 0 Å². The monoisotopic (exact) mass is 558 g/mol. The molecule has 10 nitrogen and oxygen atoms in total. The fourth-order valence-corrected chi connectivity index (χ4v) is 6.98. The second kappa shape index (κ2) is 10.2. The highest BCUT2D eigenvalue weighted by molar-refractivity contribution is 6.29. The first-order chi connectivity index (χ1) is 19.5. The highest BCUT2D eigenvalue weighted by Crippen LogP contribution is 2.46. The van der Waals surface area contributed by atoms with E-state index in [1.165, 1.54) is 11.9 Å². The predicted molar refractivity (Wildman–Crippen MR) is 155 cm³/mol. The van der Waals surface area contributed by atoms with Gasteiger partial charge in [-0.25, -0.2) is 19.9 Å². The molecule has 8 rings (SSSR count). The molecule has 4 fully saturated rings. The van der Waals surface area contributed by atoms with Crippen LogP contribution < -0.4 is 15.1 Å². The molecule has 0 unspecified atom stereocenters. The van der Waals surface area contributed by atoms with Crippen LogP contribution in [0, 0.1) is 17.8 Å². The first kappa shape index (κ1) is 25.1. The van der Waals surface area contributed by atoms with Crippen LogP contribution in [0.4, 0.5) is 17.3 Å². The number of para-hydroxylation sites is 1. The lowest BCUT2D eigenvalue weighted by Crippen LogP contribution is -2.51. The lowest BCUT2D eigenvalue weighted by molar-refractivity contribution is -0.148. The highest BCUT2D eigenvalue weighted by Gasteiger charge is 2.47. The van der Waals surface area contributed by atoms with E-state index in [0.717, 1.165) is 57.7 Å². The molecule has 4 heterocycles. The van der Waals surface area contributed by atoms with Crippen LogP contribution in [-0.4, -0.2) is 68.2 Å². The van der Waals surface area contributed by atoms with Crippen LogP contribution in [0.5, 0.6) is 0 Å². The van der Waals surface area contributed by atoms with Crippen molar-refractivity contribution in [3.05, 3.63) is 53.9 Å². The third-order valence-corrected chi connectivity index (χ3v) is 9.03. The van der Waals surface area contributed by atoms with Crippen molar-refractivity contribution in [3.8, 4) is 11.4 Å². The van der Waals surface area contributed by atoms with Gasteiger partial charge >= 0.3 is 5.97 Å². The van der Waals surface area contributed by atoms with Gasteiger partial charge in [0.05, 0.1) is 17.7 Å². The number of carboxylic acid groups (broad SMARTS) is 1. The maximum Gasteiger partial charge on any atom is 0.308 e. The Morgan fingerprint density at radius 1 is 0.975 bits per heavy atom. The van der Waals surface area contributed by atoms with Crippen molar-refractivity contribution in [3.63, 3.8) is 0 Å². The van der Waals surface area contributed by atoms with Gasteiger partial charge in [-0.15, -0.1) is 0 Å². The zero-order chi connectivity index (χ0) is 27.2. The van der Waals surface area contributed by atoms with Crippen molar-refractivity contribution in [2.75, 3.05) is 41.3 Å². The standard InChI is InChI=1S/C29H31ClN8O2/c30-21-16-32-28-26(33-21)20(15-31-28)27-35-22(34-25-18-8-6-17(7-9-18)24(25)29(39)40)14-23(36-27)38-12-10-37(11-13-38)19-4-2-1-3-5-19/h1-5,14-18,24-25H,6-13H2,(H,31,32)(H,39,40)(H,34,35,36)/t17?,18?,24-,25-/m1/s1. The van der Waals surface area contributed by atoms with Crippen LogP contribution in [0.25, 0.3) is 22.6 Å². The Bertz CT molecular complexity index is 1530. The Kier molecular flexibility index (Phi) is 6.42. The third kappa shape index (κ3) is 4.60. The first-order valence-corrected chi connectivity index (χ1v) is 14.3. The van der Waals surface area contributed by atoms with Crippen LogP contribution in [0.1, 0.15) is 25.7 Å². The number of nitrogens with one attached hydrogen (secondary N) is 2. The lowest BCUT2D eigenvalue weighted by atomic mass is 9.61. The number of rotatable bonds is 6. The molecule has 1 aromatic carbocycles. The molecule has 2 atom stereocenters. The lowest BCUT2D eigenvalue weighted by Gasteiger charge is -2.47. The molecule has 2 bridgehead atoms. The summed E-state index contributed by atoms with van der Waals surface area (Å²) in [5, 5.41) is 14.0. The van der Waals surface area contributed by atoms with Crippen molar-refractivity contribution < 1.29 is 9.90 Å². The van der Waals surface area contributed by atoms with Gasteiger partial charge in [-0.1, -0.05) is 29.8 Å². The largest absolute Gasteiger partial charge is 0.481 e. The second-order valence-corrected chi connectivity index (χ2v) is 11.4. The van der Waals surface area contributed by atoms with Gasteiger partial charge in [0.2, 0.25) is 0 Å². The average Bonchev–Trinajstić information content (AvgIpc) is 3.41. The smallest absolute Gasteiger partial charge is 0.308 e. The number of hydrogen-bond acceptors (Lipinski definition) is 8. The summed E-state index contributed by atoms with van der Waals surface area (Å²) in [7, 11) is 0.